The van der Waals surface area contributed by atoms with Crippen molar-refractivity contribution in [3.8, 4) is 22.5 Å². The Balaban J connectivity index is 1.77. The summed E-state index contributed by atoms with van der Waals surface area (Å²) in [7, 11) is 0. The molecule has 3 heterocycles. The van der Waals surface area contributed by atoms with Crippen LogP contribution in [0.2, 0.25) is 0 Å². The van der Waals surface area contributed by atoms with Crippen LogP contribution in [-0.4, -0.2) is 36.7 Å². The van der Waals surface area contributed by atoms with Crippen LogP contribution in [0, 0.1) is 19.8 Å². The van der Waals surface area contributed by atoms with Gasteiger partial charge < -0.3 is 4.52 Å². The number of aromatic amines is 1. The number of hydrogen-bond acceptors (Lipinski definition) is 6. The summed E-state index contributed by atoms with van der Waals surface area (Å²) >= 11 is 0. The number of allylic oxidation sites excluding steroid dienone is 1. The van der Waals surface area contributed by atoms with Crippen LogP contribution >= 0.6 is 0 Å². The number of rotatable bonds is 6. The van der Waals surface area contributed by atoms with E-state index in [9.17, 15) is 0 Å². The molecule has 1 atom stereocenters. The van der Waals surface area contributed by atoms with Crippen molar-refractivity contribution in [3.05, 3.63) is 41.1 Å². The van der Waals surface area contributed by atoms with E-state index in [1.165, 1.54) is 12.5 Å². The summed E-state index contributed by atoms with van der Waals surface area (Å²) in [4.78, 5) is 5.15. The number of alkyl halides is 2. The van der Waals surface area contributed by atoms with Crippen molar-refractivity contribution in [1.29, 1.82) is 0 Å². The summed E-state index contributed by atoms with van der Waals surface area (Å²) in [5.41, 5.74) is 5.82. The predicted octanol–water partition coefficient (Wildman–Crippen LogP) is 5.90. The summed E-state index contributed by atoms with van der Waals surface area (Å²) < 4.78 is 35.6. The number of aromatic nitrogens is 6. The van der Waals surface area contributed by atoms with Gasteiger partial charge in [0.15, 0.2) is 0 Å². The van der Waals surface area contributed by atoms with Crippen LogP contribution in [0.4, 0.5) is 8.78 Å². The second kappa shape index (κ2) is 9.00. The highest BCUT2D eigenvalue weighted by molar-refractivity contribution is 5.87. The molecule has 0 aliphatic heterocycles. The molecule has 1 unspecified atom stereocenters. The Morgan fingerprint density at radius 3 is 2.56 bits per heavy atom. The van der Waals surface area contributed by atoms with Gasteiger partial charge in [0.05, 0.1) is 17.0 Å². The lowest BCUT2D eigenvalue weighted by Crippen LogP contribution is -2.33. The van der Waals surface area contributed by atoms with Crippen LogP contribution in [0.5, 0.6) is 0 Å². The van der Waals surface area contributed by atoms with Gasteiger partial charge in [0, 0.05) is 35.1 Å². The van der Waals surface area contributed by atoms with Gasteiger partial charge in [-0.3, -0.25) is 4.98 Å². The normalized spacial score (nSPS) is 19.2. The second-order valence-electron chi connectivity index (χ2n) is 9.64. The lowest BCUT2D eigenvalue weighted by Gasteiger charge is -2.34. The van der Waals surface area contributed by atoms with Gasteiger partial charge in [-0.05, 0) is 56.7 Å². The Kier molecular flexibility index (Phi) is 6.04. The van der Waals surface area contributed by atoms with Crippen molar-refractivity contribution < 1.29 is 13.3 Å². The fraction of sp³-hybridized carbons (Fsp3) is 0.560. The first-order chi connectivity index (χ1) is 16.4. The maximum absolute atomic E-state index is 15.0. The zero-order chi connectivity index (χ0) is 23.9. The number of hydrogen-bond donors (Lipinski definition) is 1. The molecule has 0 radical (unpaired) electrons. The van der Waals surface area contributed by atoms with Gasteiger partial charge in [-0.1, -0.05) is 30.5 Å². The van der Waals surface area contributed by atoms with E-state index in [0.29, 0.717) is 30.1 Å². The van der Waals surface area contributed by atoms with E-state index < -0.39 is 11.8 Å². The third-order valence-electron chi connectivity index (χ3n) is 7.45. The Morgan fingerprint density at radius 2 is 1.91 bits per heavy atom. The molecule has 1 fully saturated rings. The summed E-state index contributed by atoms with van der Waals surface area (Å²) in [5, 5.41) is 19.2. The molecule has 2 aliphatic carbocycles. The molecule has 0 amide bonds. The van der Waals surface area contributed by atoms with Gasteiger partial charge in [-0.2, -0.15) is 5.21 Å². The average Bonchev–Trinajstić information content (AvgIpc) is 3.48. The zero-order valence-electron chi connectivity index (χ0n) is 19.7. The SMILES string of the molecule is C=CCC(F)(F)C1CCc2nc(C3CCCCC3)c(-c3nn[nH]n3)c(-c3c(C)noc3C)c2C1. The molecule has 0 bridgehead atoms. The van der Waals surface area contributed by atoms with Crippen molar-refractivity contribution in [2.45, 2.75) is 83.5 Å². The molecule has 0 aromatic carbocycles. The van der Waals surface area contributed by atoms with Crippen molar-refractivity contribution in [2.24, 2.45) is 5.92 Å². The number of nitrogens with one attached hydrogen (secondary N) is 1. The highest BCUT2D eigenvalue weighted by Gasteiger charge is 2.42. The molecule has 1 saturated carbocycles. The molecular weight excluding hydrogens is 438 g/mol. The minimum absolute atomic E-state index is 0.221. The number of fused-ring (bicyclic) bond motifs is 1. The molecule has 180 valence electrons. The second-order valence-corrected chi connectivity index (χ2v) is 9.64. The van der Waals surface area contributed by atoms with E-state index in [-0.39, 0.29) is 18.8 Å². The number of tetrazole rings is 1. The fourth-order valence-corrected chi connectivity index (χ4v) is 5.78. The van der Waals surface area contributed by atoms with Gasteiger partial charge in [-0.15, -0.1) is 16.8 Å². The van der Waals surface area contributed by atoms with E-state index >= 15 is 8.78 Å². The first kappa shape index (κ1) is 22.8. The molecule has 7 nitrogen and oxygen atoms in total. The zero-order valence-corrected chi connectivity index (χ0v) is 19.7. The molecule has 2 aliphatic rings. The lowest BCUT2D eigenvalue weighted by atomic mass is 9.75. The fourth-order valence-electron chi connectivity index (χ4n) is 5.78. The number of nitrogens with zero attached hydrogens (tertiary/aromatic N) is 5. The Bertz CT molecular complexity index is 1160. The maximum Gasteiger partial charge on any atom is 0.254 e. The highest BCUT2D eigenvalue weighted by atomic mass is 19.3. The van der Waals surface area contributed by atoms with E-state index in [2.05, 4.69) is 32.4 Å². The summed E-state index contributed by atoms with van der Waals surface area (Å²) in [6.45, 7) is 7.27. The third-order valence-corrected chi connectivity index (χ3v) is 7.45. The summed E-state index contributed by atoms with van der Waals surface area (Å²) in [6.07, 6.45) is 7.68. The van der Waals surface area contributed by atoms with Crippen molar-refractivity contribution >= 4 is 0 Å². The molecular formula is C25H30F2N6O. The molecule has 0 spiro atoms. The number of pyridine rings is 1. The largest absolute Gasteiger partial charge is 0.361 e. The first-order valence-electron chi connectivity index (χ1n) is 12.1. The number of aryl methyl sites for hydroxylation is 3. The molecule has 0 saturated heterocycles. The van der Waals surface area contributed by atoms with E-state index in [1.54, 1.807) is 0 Å². The van der Waals surface area contributed by atoms with Crippen LogP contribution < -0.4 is 0 Å². The minimum Gasteiger partial charge on any atom is -0.361 e. The van der Waals surface area contributed by atoms with E-state index in [4.69, 9.17) is 9.51 Å². The van der Waals surface area contributed by atoms with E-state index in [1.807, 2.05) is 13.8 Å². The lowest BCUT2D eigenvalue weighted by molar-refractivity contribution is -0.0598. The third kappa shape index (κ3) is 3.95. The van der Waals surface area contributed by atoms with Crippen molar-refractivity contribution in [2.75, 3.05) is 0 Å². The van der Waals surface area contributed by atoms with Crippen LogP contribution in [0.1, 0.15) is 79.3 Å². The van der Waals surface area contributed by atoms with Crippen LogP contribution in [0.3, 0.4) is 0 Å². The van der Waals surface area contributed by atoms with Crippen molar-refractivity contribution in [1.82, 2.24) is 30.8 Å². The predicted molar refractivity (Wildman–Crippen MR) is 123 cm³/mol. The van der Waals surface area contributed by atoms with Crippen LogP contribution in [-0.2, 0) is 12.8 Å². The quantitative estimate of drug-likeness (QED) is 0.453. The Hall–Kier alpha value is -2.97. The molecule has 3 aromatic heterocycles. The van der Waals surface area contributed by atoms with Crippen LogP contribution in [0.25, 0.3) is 22.5 Å². The topological polar surface area (TPSA) is 93.4 Å². The van der Waals surface area contributed by atoms with E-state index in [0.717, 1.165) is 59.3 Å². The summed E-state index contributed by atoms with van der Waals surface area (Å²) in [6, 6.07) is 0. The van der Waals surface area contributed by atoms with Gasteiger partial charge in [0.1, 0.15) is 5.76 Å². The van der Waals surface area contributed by atoms with Gasteiger partial charge >= 0.3 is 0 Å². The first-order valence-corrected chi connectivity index (χ1v) is 12.1. The van der Waals surface area contributed by atoms with Gasteiger partial charge in [-0.25, -0.2) is 8.78 Å². The molecule has 3 aromatic rings. The standard InChI is InChI=1S/C25H30F2N6O/c1-4-12-25(26,27)17-10-11-19-18(13-17)21(20-14(2)31-34-15(20)3)22(24-29-32-33-30-24)23(28-19)16-8-6-5-7-9-16/h4,16-17H,1,5-13H2,2-3H3,(H,29,30,32,33). The van der Waals surface area contributed by atoms with Crippen LogP contribution in [0.15, 0.2) is 17.2 Å². The Labute approximate surface area is 197 Å². The summed E-state index contributed by atoms with van der Waals surface area (Å²) in [5.74, 6) is -2.27. The molecule has 5 rings (SSSR count). The highest BCUT2D eigenvalue weighted by Crippen LogP contribution is 2.48. The van der Waals surface area contributed by atoms with Gasteiger partial charge in [0.2, 0.25) is 5.82 Å². The number of halogens is 2. The molecule has 34 heavy (non-hydrogen) atoms. The Morgan fingerprint density at radius 1 is 1.12 bits per heavy atom. The molecule has 1 N–H and O–H groups in total. The minimum atomic E-state index is -2.83. The van der Waals surface area contributed by atoms with Gasteiger partial charge in [0.25, 0.3) is 5.92 Å². The smallest absolute Gasteiger partial charge is 0.254 e. The monoisotopic (exact) mass is 468 g/mol. The average molecular weight is 469 g/mol. The maximum atomic E-state index is 15.0. The number of H-pyrrole nitrogens is 1. The molecule has 9 heteroatoms. The van der Waals surface area contributed by atoms with Crippen molar-refractivity contribution in [3.63, 3.8) is 0 Å².